The summed E-state index contributed by atoms with van der Waals surface area (Å²) in [7, 11) is 0. The fourth-order valence-electron chi connectivity index (χ4n) is 7.91. The van der Waals surface area contributed by atoms with Gasteiger partial charge in [0.1, 0.15) is 18.0 Å². The van der Waals surface area contributed by atoms with Crippen molar-refractivity contribution in [2.24, 2.45) is 16.7 Å². The largest absolute Gasteiger partial charge is 0.344 e. The van der Waals surface area contributed by atoms with Gasteiger partial charge in [-0.2, -0.15) is 0 Å². The molecule has 2 heterocycles. The number of allylic oxidation sites excluding steroid dienone is 2. The number of carbonyl (C=O) groups is 2. The van der Waals surface area contributed by atoms with Crippen LogP contribution in [0, 0.1) is 16.7 Å². The third-order valence-corrected chi connectivity index (χ3v) is 9.70. The molecular formula is C30H36O6. The van der Waals surface area contributed by atoms with E-state index in [1.165, 1.54) is 0 Å². The number of hydrogen-bond donors (Lipinski definition) is 0. The van der Waals surface area contributed by atoms with Crippen molar-refractivity contribution in [3.63, 3.8) is 0 Å². The number of hydrogen-bond acceptors (Lipinski definition) is 6. The van der Waals surface area contributed by atoms with Gasteiger partial charge in [0.05, 0.1) is 12.2 Å². The fraction of sp³-hybridized carbons (Fsp3) is 0.600. The van der Waals surface area contributed by atoms with E-state index < -0.39 is 40.7 Å². The first-order chi connectivity index (χ1) is 17.0. The van der Waals surface area contributed by atoms with E-state index in [9.17, 15) is 9.59 Å². The summed E-state index contributed by atoms with van der Waals surface area (Å²) >= 11 is 0. The first-order valence-electron chi connectivity index (χ1n) is 13.1. The Morgan fingerprint density at radius 1 is 0.972 bits per heavy atom. The van der Waals surface area contributed by atoms with Gasteiger partial charge in [-0.15, -0.1) is 0 Å². The molecule has 0 aromatic heterocycles. The molecule has 6 rings (SSSR count). The van der Waals surface area contributed by atoms with E-state index in [1.54, 1.807) is 0 Å². The highest BCUT2D eigenvalue weighted by molar-refractivity contribution is 5.98. The van der Waals surface area contributed by atoms with Crippen LogP contribution < -0.4 is 0 Å². The summed E-state index contributed by atoms with van der Waals surface area (Å²) in [5, 5.41) is 0. The van der Waals surface area contributed by atoms with Crippen LogP contribution in [0.15, 0.2) is 53.1 Å². The molecule has 7 atom stereocenters. The van der Waals surface area contributed by atoms with Gasteiger partial charge >= 0.3 is 0 Å². The number of rotatable bonds is 2. The molecule has 0 unspecified atom stereocenters. The van der Waals surface area contributed by atoms with Crippen LogP contribution in [-0.2, 0) is 28.5 Å². The zero-order valence-electron chi connectivity index (χ0n) is 22.0. The van der Waals surface area contributed by atoms with Gasteiger partial charge in [0.25, 0.3) is 0 Å². The third kappa shape index (κ3) is 3.05. The molecule has 3 aliphatic carbocycles. The maximum atomic E-state index is 13.7. The molecule has 2 aliphatic heterocycles. The summed E-state index contributed by atoms with van der Waals surface area (Å²) in [4.78, 5) is 26.3. The topological polar surface area (TPSA) is 71.1 Å². The van der Waals surface area contributed by atoms with Gasteiger partial charge in [0.2, 0.25) is 0 Å². The molecule has 6 heteroatoms. The lowest BCUT2D eigenvalue weighted by molar-refractivity contribution is -0.168. The Balaban J connectivity index is 1.64. The van der Waals surface area contributed by atoms with Crippen LogP contribution >= 0.6 is 0 Å². The van der Waals surface area contributed by atoms with Crippen molar-refractivity contribution in [2.75, 3.05) is 0 Å². The summed E-state index contributed by atoms with van der Waals surface area (Å²) in [6, 6.07) is 9.85. The lowest BCUT2D eigenvalue weighted by Gasteiger charge is -2.59. The highest BCUT2D eigenvalue weighted by Gasteiger charge is 2.72. The number of fused-ring (bicyclic) bond motifs is 6. The van der Waals surface area contributed by atoms with Crippen LogP contribution in [0.5, 0.6) is 0 Å². The molecular weight excluding hydrogens is 456 g/mol. The zero-order valence-corrected chi connectivity index (χ0v) is 22.0. The Bertz CT molecular complexity index is 1180. The van der Waals surface area contributed by atoms with Crippen molar-refractivity contribution in [1.82, 2.24) is 0 Å². The van der Waals surface area contributed by atoms with Gasteiger partial charge in [0, 0.05) is 28.7 Å². The minimum Gasteiger partial charge on any atom is -0.344 e. The maximum absolute atomic E-state index is 13.7. The number of benzene rings is 1. The Hall–Kier alpha value is -2.12. The molecule has 0 N–H and O–H groups in total. The summed E-state index contributed by atoms with van der Waals surface area (Å²) in [6.07, 6.45) is 2.88. The first-order valence-corrected chi connectivity index (χ1v) is 13.1. The molecule has 2 bridgehead atoms. The summed E-state index contributed by atoms with van der Waals surface area (Å²) in [5.41, 5.74) is 1.24. The average Bonchev–Trinajstić information content (AvgIpc) is 3.36. The zero-order chi connectivity index (χ0) is 25.7. The van der Waals surface area contributed by atoms with E-state index in [2.05, 4.69) is 20.8 Å². The number of carbonyl (C=O) groups excluding carboxylic acids is 2. The van der Waals surface area contributed by atoms with Crippen molar-refractivity contribution in [3.8, 4) is 0 Å². The fourth-order valence-corrected chi connectivity index (χ4v) is 7.91. The first kappa shape index (κ1) is 24.2. The summed E-state index contributed by atoms with van der Waals surface area (Å²) in [5.74, 6) is -1.10. The second kappa shape index (κ2) is 7.70. The average molecular weight is 493 g/mol. The van der Waals surface area contributed by atoms with Crippen molar-refractivity contribution in [2.45, 2.75) is 96.8 Å². The standard InChI is InChI=1S/C30H36O6/c1-17-20(32)15-30-24(33-26(36-30)18-11-8-7-9-12-18)22-19(16-31)13-10-14-29(22,6)25-23(21(17)27(30,2)3)34-28(4,5)35-25/h7-9,11-13,16,22-26H,10,14-15H2,1-6H3/t22-,23+,24-,25-,26-,29+,30+/m0/s1. The summed E-state index contributed by atoms with van der Waals surface area (Å²) in [6.45, 7) is 12.3. The van der Waals surface area contributed by atoms with E-state index in [4.69, 9.17) is 18.9 Å². The van der Waals surface area contributed by atoms with Crippen LogP contribution in [0.25, 0.3) is 0 Å². The van der Waals surface area contributed by atoms with Gasteiger partial charge < -0.3 is 18.9 Å². The Morgan fingerprint density at radius 2 is 1.69 bits per heavy atom. The van der Waals surface area contributed by atoms with Crippen molar-refractivity contribution in [1.29, 1.82) is 0 Å². The van der Waals surface area contributed by atoms with Gasteiger partial charge in [-0.05, 0) is 50.3 Å². The SMILES string of the molecule is CC1=C2[C@H]3OC(C)(C)O[C@@H]3[C@]3(C)CCC=C(C=O)[C@H]3[C@@H]3O[C@H](c4ccccc4)O[C@@]3(CC1=O)C2(C)C. The van der Waals surface area contributed by atoms with E-state index in [0.29, 0.717) is 5.57 Å². The van der Waals surface area contributed by atoms with E-state index in [0.717, 1.165) is 35.8 Å². The molecule has 36 heavy (non-hydrogen) atoms. The highest BCUT2D eigenvalue weighted by atomic mass is 16.8. The highest BCUT2D eigenvalue weighted by Crippen LogP contribution is 2.66. The molecule has 1 aromatic carbocycles. The quantitative estimate of drug-likeness (QED) is 0.527. The molecule has 1 spiro atoms. The van der Waals surface area contributed by atoms with Crippen LogP contribution in [-0.4, -0.2) is 41.8 Å². The van der Waals surface area contributed by atoms with Crippen LogP contribution in [0.2, 0.25) is 0 Å². The number of Topliss-reactive ketones (excluding diaryl/α,β-unsaturated/α-hetero) is 1. The van der Waals surface area contributed by atoms with Gasteiger partial charge in [-0.25, -0.2) is 0 Å². The Morgan fingerprint density at radius 3 is 2.39 bits per heavy atom. The minimum atomic E-state index is -0.966. The smallest absolute Gasteiger partial charge is 0.185 e. The maximum Gasteiger partial charge on any atom is 0.185 e. The van der Waals surface area contributed by atoms with Crippen molar-refractivity contribution < 1.29 is 28.5 Å². The lowest BCUT2D eigenvalue weighted by Crippen LogP contribution is -2.67. The molecule has 1 saturated carbocycles. The van der Waals surface area contributed by atoms with E-state index in [-0.39, 0.29) is 24.2 Å². The molecule has 1 aromatic rings. The molecule has 0 amide bonds. The number of ether oxygens (including phenoxy) is 4. The third-order valence-electron chi connectivity index (χ3n) is 9.70. The number of ketones is 1. The molecule has 6 nitrogen and oxygen atoms in total. The lowest BCUT2D eigenvalue weighted by atomic mass is 9.48. The number of aldehydes is 1. The van der Waals surface area contributed by atoms with Gasteiger partial charge in [-0.3, -0.25) is 9.59 Å². The van der Waals surface area contributed by atoms with Crippen molar-refractivity contribution in [3.05, 3.63) is 58.7 Å². The molecule has 192 valence electrons. The molecule has 2 saturated heterocycles. The van der Waals surface area contributed by atoms with Crippen LogP contribution in [0.3, 0.4) is 0 Å². The van der Waals surface area contributed by atoms with Crippen LogP contribution in [0.4, 0.5) is 0 Å². The van der Waals surface area contributed by atoms with Gasteiger partial charge in [-0.1, -0.05) is 57.2 Å². The Labute approximate surface area is 213 Å². The van der Waals surface area contributed by atoms with Gasteiger partial charge in [0.15, 0.2) is 17.9 Å². The summed E-state index contributed by atoms with van der Waals surface area (Å²) < 4.78 is 27.1. The molecule has 5 aliphatic rings. The monoisotopic (exact) mass is 492 g/mol. The van der Waals surface area contributed by atoms with E-state index in [1.807, 2.05) is 57.2 Å². The predicted octanol–water partition coefficient (Wildman–Crippen LogP) is 5.23. The normalized spacial score (nSPS) is 42.6. The second-order valence-corrected chi connectivity index (χ2v) is 12.4. The molecule has 0 radical (unpaired) electrons. The minimum absolute atomic E-state index is 0.0368. The second-order valence-electron chi connectivity index (χ2n) is 12.4. The predicted molar refractivity (Wildman–Crippen MR) is 133 cm³/mol. The Kier molecular flexibility index (Phi) is 5.18. The molecule has 3 fully saturated rings. The van der Waals surface area contributed by atoms with Crippen LogP contribution in [0.1, 0.15) is 72.7 Å². The van der Waals surface area contributed by atoms with E-state index >= 15 is 0 Å². The van der Waals surface area contributed by atoms with Crippen molar-refractivity contribution >= 4 is 12.1 Å².